The molecule has 0 aliphatic carbocycles. The van der Waals surface area contributed by atoms with Crippen LogP contribution in [-0.4, -0.2) is 10.0 Å². The SMILES string of the molecule is Cc1ccccc1NC(=S)N(Cc1ccco1)Cc1ccccc1F. The molecule has 3 aromatic rings. The fraction of sp³-hybridized carbons (Fsp3) is 0.150. The molecule has 0 radical (unpaired) electrons. The number of furan rings is 1. The highest BCUT2D eigenvalue weighted by atomic mass is 32.1. The lowest BCUT2D eigenvalue weighted by atomic mass is 10.2. The number of anilines is 1. The molecule has 0 atom stereocenters. The molecular weight excluding hydrogens is 335 g/mol. The number of aryl methyl sites for hydroxylation is 1. The minimum Gasteiger partial charge on any atom is -0.467 e. The second kappa shape index (κ2) is 7.94. The molecule has 3 rings (SSSR count). The third kappa shape index (κ3) is 4.45. The van der Waals surface area contributed by atoms with Crippen molar-refractivity contribution < 1.29 is 8.81 Å². The highest BCUT2D eigenvalue weighted by Crippen LogP contribution is 2.18. The monoisotopic (exact) mass is 354 g/mol. The number of hydrogen-bond acceptors (Lipinski definition) is 2. The zero-order valence-corrected chi connectivity index (χ0v) is 14.7. The van der Waals surface area contributed by atoms with Crippen LogP contribution < -0.4 is 5.32 Å². The molecule has 2 aromatic carbocycles. The summed E-state index contributed by atoms with van der Waals surface area (Å²) < 4.78 is 19.5. The van der Waals surface area contributed by atoms with Crippen LogP contribution in [0.2, 0.25) is 0 Å². The highest BCUT2D eigenvalue weighted by Gasteiger charge is 2.15. The van der Waals surface area contributed by atoms with Crippen LogP contribution >= 0.6 is 12.2 Å². The van der Waals surface area contributed by atoms with E-state index in [1.54, 1.807) is 18.4 Å². The Balaban J connectivity index is 1.81. The third-order valence-electron chi connectivity index (χ3n) is 3.92. The number of nitrogens with one attached hydrogen (secondary N) is 1. The predicted octanol–water partition coefficient (Wildman–Crippen LogP) is 5.13. The second-order valence-electron chi connectivity index (χ2n) is 5.77. The zero-order valence-electron chi connectivity index (χ0n) is 13.9. The van der Waals surface area contributed by atoms with Gasteiger partial charge in [-0.05, 0) is 49.0 Å². The quantitative estimate of drug-likeness (QED) is 0.643. The minimum atomic E-state index is -0.245. The Morgan fingerprint density at radius 1 is 1.04 bits per heavy atom. The van der Waals surface area contributed by atoms with Crippen LogP contribution in [0.1, 0.15) is 16.9 Å². The van der Waals surface area contributed by atoms with E-state index in [1.165, 1.54) is 6.07 Å². The molecule has 1 N–H and O–H groups in total. The van der Waals surface area contributed by atoms with Gasteiger partial charge in [-0.25, -0.2) is 4.39 Å². The van der Waals surface area contributed by atoms with Gasteiger partial charge in [0.1, 0.15) is 11.6 Å². The van der Waals surface area contributed by atoms with E-state index in [0.717, 1.165) is 17.0 Å². The summed E-state index contributed by atoms with van der Waals surface area (Å²) in [5.41, 5.74) is 2.61. The number of thiocarbonyl (C=S) groups is 1. The summed E-state index contributed by atoms with van der Waals surface area (Å²) in [4.78, 5) is 1.89. The van der Waals surface area contributed by atoms with Crippen molar-refractivity contribution in [3.05, 3.63) is 89.6 Å². The first-order valence-electron chi connectivity index (χ1n) is 8.01. The maximum Gasteiger partial charge on any atom is 0.174 e. The van der Waals surface area contributed by atoms with E-state index in [0.29, 0.717) is 23.8 Å². The molecule has 0 saturated carbocycles. The van der Waals surface area contributed by atoms with Crippen LogP contribution in [0.4, 0.5) is 10.1 Å². The standard InChI is InChI=1S/C20H19FN2OS/c1-15-7-2-5-11-19(15)22-20(25)23(14-17-9-6-12-24-17)13-16-8-3-4-10-18(16)21/h2-12H,13-14H2,1H3,(H,22,25). The molecule has 0 spiro atoms. The number of nitrogens with zero attached hydrogens (tertiary/aromatic N) is 1. The Morgan fingerprint density at radius 3 is 2.52 bits per heavy atom. The molecule has 0 aliphatic heterocycles. The third-order valence-corrected chi connectivity index (χ3v) is 4.28. The van der Waals surface area contributed by atoms with Crippen molar-refractivity contribution in [2.45, 2.75) is 20.0 Å². The molecule has 0 aliphatic rings. The minimum absolute atomic E-state index is 0.245. The summed E-state index contributed by atoms with van der Waals surface area (Å²) in [6.07, 6.45) is 1.62. The molecule has 128 valence electrons. The molecule has 1 aromatic heterocycles. The van der Waals surface area contributed by atoms with E-state index in [4.69, 9.17) is 16.6 Å². The van der Waals surface area contributed by atoms with Crippen LogP contribution in [0, 0.1) is 12.7 Å². The van der Waals surface area contributed by atoms with Crippen molar-refractivity contribution in [1.82, 2.24) is 4.90 Å². The first-order chi connectivity index (χ1) is 12.1. The molecule has 0 amide bonds. The van der Waals surface area contributed by atoms with Crippen molar-refractivity contribution in [3.63, 3.8) is 0 Å². The maximum atomic E-state index is 14.1. The number of benzene rings is 2. The van der Waals surface area contributed by atoms with Gasteiger partial charge in [0, 0.05) is 17.8 Å². The smallest absolute Gasteiger partial charge is 0.174 e. The Bertz CT molecular complexity index is 848. The first-order valence-corrected chi connectivity index (χ1v) is 8.41. The molecular formula is C20H19FN2OS. The summed E-state index contributed by atoms with van der Waals surface area (Å²) >= 11 is 5.58. The van der Waals surface area contributed by atoms with Gasteiger partial charge in [0.05, 0.1) is 12.8 Å². The molecule has 3 nitrogen and oxygen atoms in total. The van der Waals surface area contributed by atoms with Crippen molar-refractivity contribution in [2.75, 3.05) is 5.32 Å². The lowest BCUT2D eigenvalue weighted by Gasteiger charge is -2.26. The summed E-state index contributed by atoms with van der Waals surface area (Å²) in [5, 5.41) is 3.78. The fourth-order valence-corrected chi connectivity index (χ4v) is 2.77. The van der Waals surface area contributed by atoms with E-state index in [1.807, 2.05) is 54.3 Å². The van der Waals surface area contributed by atoms with Gasteiger partial charge in [-0.15, -0.1) is 0 Å². The average molecular weight is 354 g/mol. The van der Waals surface area contributed by atoms with E-state index in [-0.39, 0.29) is 5.82 Å². The Labute approximate surface area is 152 Å². The lowest BCUT2D eigenvalue weighted by molar-refractivity contribution is 0.355. The number of hydrogen-bond donors (Lipinski definition) is 1. The first kappa shape index (κ1) is 17.2. The second-order valence-corrected chi connectivity index (χ2v) is 6.16. The van der Waals surface area contributed by atoms with Gasteiger partial charge in [0.2, 0.25) is 0 Å². The summed E-state index contributed by atoms with van der Waals surface area (Å²) in [7, 11) is 0. The molecule has 0 unspecified atom stereocenters. The van der Waals surface area contributed by atoms with Crippen LogP contribution in [0.25, 0.3) is 0 Å². The highest BCUT2D eigenvalue weighted by molar-refractivity contribution is 7.80. The zero-order chi connectivity index (χ0) is 17.6. The van der Waals surface area contributed by atoms with Gasteiger partial charge in [0.25, 0.3) is 0 Å². The molecule has 0 fully saturated rings. The van der Waals surface area contributed by atoms with Crippen molar-refractivity contribution >= 4 is 23.0 Å². The summed E-state index contributed by atoms with van der Waals surface area (Å²) in [5.74, 6) is 0.524. The van der Waals surface area contributed by atoms with Gasteiger partial charge >= 0.3 is 0 Å². The van der Waals surface area contributed by atoms with E-state index in [9.17, 15) is 4.39 Å². The Hall–Kier alpha value is -2.66. The normalized spacial score (nSPS) is 10.5. The fourth-order valence-electron chi connectivity index (χ4n) is 2.53. The van der Waals surface area contributed by atoms with Crippen LogP contribution in [-0.2, 0) is 13.1 Å². The number of halogens is 1. The summed E-state index contributed by atoms with van der Waals surface area (Å²) in [6, 6.07) is 18.3. The molecule has 0 bridgehead atoms. The van der Waals surface area contributed by atoms with Crippen molar-refractivity contribution in [2.24, 2.45) is 0 Å². The van der Waals surface area contributed by atoms with E-state index in [2.05, 4.69) is 5.32 Å². The van der Waals surface area contributed by atoms with Crippen LogP contribution in [0.3, 0.4) is 0 Å². The molecule has 25 heavy (non-hydrogen) atoms. The van der Waals surface area contributed by atoms with Gasteiger partial charge in [-0.2, -0.15) is 0 Å². The van der Waals surface area contributed by atoms with Crippen molar-refractivity contribution in [1.29, 1.82) is 0 Å². The van der Waals surface area contributed by atoms with Gasteiger partial charge in [-0.3, -0.25) is 0 Å². The van der Waals surface area contributed by atoms with Crippen LogP contribution in [0.5, 0.6) is 0 Å². The van der Waals surface area contributed by atoms with E-state index < -0.39 is 0 Å². The number of rotatable bonds is 5. The van der Waals surface area contributed by atoms with Gasteiger partial charge in [-0.1, -0.05) is 36.4 Å². The number of para-hydroxylation sites is 1. The maximum absolute atomic E-state index is 14.1. The van der Waals surface area contributed by atoms with Gasteiger partial charge in [0.15, 0.2) is 5.11 Å². The molecule has 1 heterocycles. The Morgan fingerprint density at radius 2 is 1.80 bits per heavy atom. The topological polar surface area (TPSA) is 28.4 Å². The largest absolute Gasteiger partial charge is 0.467 e. The molecule has 0 saturated heterocycles. The van der Waals surface area contributed by atoms with Crippen LogP contribution in [0.15, 0.2) is 71.3 Å². The Kier molecular flexibility index (Phi) is 5.46. The molecule has 5 heteroatoms. The predicted molar refractivity (Wildman–Crippen MR) is 102 cm³/mol. The van der Waals surface area contributed by atoms with E-state index >= 15 is 0 Å². The lowest BCUT2D eigenvalue weighted by Crippen LogP contribution is -2.34. The van der Waals surface area contributed by atoms with Crippen molar-refractivity contribution in [3.8, 4) is 0 Å². The summed E-state index contributed by atoms with van der Waals surface area (Å²) in [6.45, 7) is 2.82. The average Bonchev–Trinajstić information content (AvgIpc) is 3.11. The van der Waals surface area contributed by atoms with Gasteiger partial charge < -0.3 is 14.6 Å².